The molecule has 1 aliphatic rings. The molecule has 26 heavy (non-hydrogen) atoms. The Labute approximate surface area is 154 Å². The number of ether oxygens (including phenoxy) is 2. The lowest BCUT2D eigenvalue weighted by molar-refractivity contribution is -0.122. The number of hydrogen-bond acceptors (Lipinski definition) is 4. The summed E-state index contributed by atoms with van der Waals surface area (Å²) < 4.78 is 11.0. The fourth-order valence-corrected chi connectivity index (χ4v) is 3.11. The minimum Gasteiger partial charge on any atom is -0.493 e. The third-order valence-corrected chi connectivity index (χ3v) is 4.60. The van der Waals surface area contributed by atoms with E-state index in [1.807, 2.05) is 24.3 Å². The standard InChI is InChI=1S/C21H26N2O3/c1-16(26-20-9-5-4-8-19(20)25-2)21(24)22-17-10-12-18(13-11-17)23-14-6-3-7-15-23/h4-5,8-13,16H,3,6-7,14-15H2,1-2H3,(H,22,24). The number of piperidine rings is 1. The van der Waals surface area contributed by atoms with Crippen LogP contribution in [0.4, 0.5) is 11.4 Å². The monoisotopic (exact) mass is 354 g/mol. The van der Waals surface area contributed by atoms with E-state index in [1.54, 1.807) is 26.2 Å². The van der Waals surface area contributed by atoms with Crippen LogP contribution in [-0.4, -0.2) is 32.2 Å². The highest BCUT2D eigenvalue weighted by atomic mass is 16.5. The van der Waals surface area contributed by atoms with Gasteiger partial charge in [0.2, 0.25) is 0 Å². The lowest BCUT2D eigenvalue weighted by atomic mass is 10.1. The van der Waals surface area contributed by atoms with Gasteiger partial charge in [-0.2, -0.15) is 0 Å². The molecule has 0 saturated carbocycles. The number of carbonyl (C=O) groups excluding carboxylic acids is 1. The molecular formula is C21H26N2O3. The minimum absolute atomic E-state index is 0.193. The van der Waals surface area contributed by atoms with Gasteiger partial charge in [-0.25, -0.2) is 0 Å². The summed E-state index contributed by atoms with van der Waals surface area (Å²) in [7, 11) is 1.58. The Hall–Kier alpha value is -2.69. The van der Waals surface area contributed by atoms with Gasteiger partial charge >= 0.3 is 0 Å². The molecule has 1 atom stereocenters. The van der Waals surface area contributed by atoms with Crippen LogP contribution >= 0.6 is 0 Å². The Morgan fingerprint density at radius 2 is 1.65 bits per heavy atom. The molecule has 0 aromatic heterocycles. The molecule has 1 N–H and O–H groups in total. The largest absolute Gasteiger partial charge is 0.493 e. The van der Waals surface area contributed by atoms with Gasteiger partial charge in [0.1, 0.15) is 0 Å². The molecule has 5 heteroatoms. The van der Waals surface area contributed by atoms with Crippen LogP contribution in [-0.2, 0) is 4.79 Å². The van der Waals surface area contributed by atoms with E-state index in [0.29, 0.717) is 11.5 Å². The van der Waals surface area contributed by atoms with E-state index in [4.69, 9.17) is 9.47 Å². The number of amides is 1. The molecule has 0 aliphatic carbocycles. The summed E-state index contributed by atoms with van der Waals surface area (Å²) in [6.45, 7) is 3.94. The highest BCUT2D eigenvalue weighted by molar-refractivity contribution is 5.94. The predicted molar refractivity (Wildman–Crippen MR) is 104 cm³/mol. The van der Waals surface area contributed by atoms with Crippen molar-refractivity contribution in [3.63, 3.8) is 0 Å². The first-order valence-electron chi connectivity index (χ1n) is 9.13. The fraction of sp³-hybridized carbons (Fsp3) is 0.381. The van der Waals surface area contributed by atoms with Crippen LogP contribution < -0.4 is 19.7 Å². The molecule has 1 fully saturated rings. The van der Waals surface area contributed by atoms with E-state index in [1.165, 1.54) is 24.9 Å². The quantitative estimate of drug-likeness (QED) is 0.849. The zero-order valence-electron chi connectivity index (χ0n) is 15.4. The first kappa shape index (κ1) is 18.1. The summed E-state index contributed by atoms with van der Waals surface area (Å²) in [6.07, 6.45) is 3.18. The first-order valence-corrected chi connectivity index (χ1v) is 9.13. The van der Waals surface area contributed by atoms with Gasteiger partial charge in [-0.05, 0) is 62.6 Å². The number of rotatable bonds is 6. The summed E-state index contributed by atoms with van der Waals surface area (Å²) in [5, 5.41) is 2.91. The summed E-state index contributed by atoms with van der Waals surface area (Å²) in [6, 6.07) is 15.3. The van der Waals surface area contributed by atoms with Crippen molar-refractivity contribution in [1.82, 2.24) is 0 Å². The molecule has 5 nitrogen and oxygen atoms in total. The summed E-state index contributed by atoms with van der Waals surface area (Å²) in [5.41, 5.74) is 1.98. The number of nitrogens with one attached hydrogen (secondary N) is 1. The van der Waals surface area contributed by atoms with Crippen molar-refractivity contribution in [2.24, 2.45) is 0 Å². The third-order valence-electron chi connectivity index (χ3n) is 4.60. The van der Waals surface area contributed by atoms with Crippen LogP contribution in [0.25, 0.3) is 0 Å². The van der Waals surface area contributed by atoms with Crippen molar-refractivity contribution in [2.75, 3.05) is 30.4 Å². The van der Waals surface area contributed by atoms with Crippen molar-refractivity contribution in [1.29, 1.82) is 0 Å². The minimum atomic E-state index is -0.631. The molecule has 3 rings (SSSR count). The maximum absolute atomic E-state index is 12.4. The van der Waals surface area contributed by atoms with Crippen molar-refractivity contribution in [3.8, 4) is 11.5 Å². The molecule has 1 heterocycles. The summed E-state index contributed by atoms with van der Waals surface area (Å²) in [5.74, 6) is 0.970. The van der Waals surface area contributed by atoms with E-state index in [9.17, 15) is 4.79 Å². The average Bonchev–Trinajstić information content (AvgIpc) is 2.69. The van der Waals surface area contributed by atoms with Crippen LogP contribution in [0.2, 0.25) is 0 Å². The fourth-order valence-electron chi connectivity index (χ4n) is 3.11. The average molecular weight is 354 g/mol. The van der Waals surface area contributed by atoms with Crippen LogP contribution in [0.5, 0.6) is 11.5 Å². The normalized spacial score (nSPS) is 15.2. The predicted octanol–water partition coefficient (Wildman–Crippen LogP) is 4.09. The van der Waals surface area contributed by atoms with E-state index < -0.39 is 6.10 Å². The second kappa shape index (κ2) is 8.61. The molecule has 1 saturated heterocycles. The Bertz CT molecular complexity index is 724. The van der Waals surface area contributed by atoms with Crippen LogP contribution in [0.1, 0.15) is 26.2 Å². The molecule has 0 bridgehead atoms. The second-order valence-corrected chi connectivity index (χ2v) is 6.49. The van der Waals surface area contributed by atoms with Gasteiger partial charge < -0.3 is 19.7 Å². The van der Waals surface area contributed by atoms with Gasteiger partial charge in [0.05, 0.1) is 7.11 Å². The molecule has 138 valence electrons. The van der Waals surface area contributed by atoms with Gasteiger partial charge in [0, 0.05) is 24.5 Å². The molecule has 0 spiro atoms. The Morgan fingerprint density at radius 1 is 1.00 bits per heavy atom. The van der Waals surface area contributed by atoms with E-state index in [0.717, 1.165) is 18.8 Å². The molecule has 1 unspecified atom stereocenters. The third kappa shape index (κ3) is 4.48. The lowest BCUT2D eigenvalue weighted by Gasteiger charge is -2.28. The SMILES string of the molecule is COc1ccccc1OC(C)C(=O)Nc1ccc(N2CCCCC2)cc1. The Morgan fingerprint density at radius 3 is 2.31 bits per heavy atom. The van der Waals surface area contributed by atoms with E-state index in [2.05, 4.69) is 22.3 Å². The Balaban J connectivity index is 1.58. The topological polar surface area (TPSA) is 50.8 Å². The number of anilines is 2. The highest BCUT2D eigenvalue weighted by Gasteiger charge is 2.17. The number of benzene rings is 2. The molecular weight excluding hydrogens is 328 g/mol. The van der Waals surface area contributed by atoms with Gasteiger partial charge in [-0.1, -0.05) is 12.1 Å². The number of para-hydroxylation sites is 2. The number of methoxy groups -OCH3 is 1. The summed E-state index contributed by atoms with van der Waals surface area (Å²) in [4.78, 5) is 14.8. The first-order chi connectivity index (χ1) is 12.7. The van der Waals surface area contributed by atoms with E-state index in [-0.39, 0.29) is 5.91 Å². The smallest absolute Gasteiger partial charge is 0.265 e. The van der Waals surface area contributed by atoms with Crippen molar-refractivity contribution in [3.05, 3.63) is 48.5 Å². The number of hydrogen-bond donors (Lipinski definition) is 1. The van der Waals surface area contributed by atoms with Gasteiger partial charge in [-0.3, -0.25) is 4.79 Å². The second-order valence-electron chi connectivity index (χ2n) is 6.49. The van der Waals surface area contributed by atoms with Gasteiger partial charge in [0.25, 0.3) is 5.91 Å². The molecule has 1 amide bonds. The molecule has 1 aliphatic heterocycles. The zero-order chi connectivity index (χ0) is 18.4. The van der Waals surface area contributed by atoms with Crippen LogP contribution in [0.3, 0.4) is 0 Å². The molecule has 2 aromatic carbocycles. The summed E-state index contributed by atoms with van der Waals surface area (Å²) >= 11 is 0. The van der Waals surface area contributed by atoms with Crippen molar-refractivity contribution >= 4 is 17.3 Å². The van der Waals surface area contributed by atoms with Crippen molar-refractivity contribution < 1.29 is 14.3 Å². The van der Waals surface area contributed by atoms with Gasteiger partial charge in [0.15, 0.2) is 17.6 Å². The maximum Gasteiger partial charge on any atom is 0.265 e. The zero-order valence-corrected chi connectivity index (χ0v) is 15.4. The molecule has 0 radical (unpaired) electrons. The molecule has 2 aromatic rings. The number of nitrogens with zero attached hydrogens (tertiary/aromatic N) is 1. The van der Waals surface area contributed by atoms with Crippen LogP contribution in [0, 0.1) is 0 Å². The van der Waals surface area contributed by atoms with Crippen LogP contribution in [0.15, 0.2) is 48.5 Å². The lowest BCUT2D eigenvalue weighted by Crippen LogP contribution is -2.30. The Kier molecular flexibility index (Phi) is 6.00. The maximum atomic E-state index is 12.4. The van der Waals surface area contributed by atoms with Gasteiger partial charge in [-0.15, -0.1) is 0 Å². The highest BCUT2D eigenvalue weighted by Crippen LogP contribution is 2.27. The van der Waals surface area contributed by atoms with E-state index >= 15 is 0 Å². The van der Waals surface area contributed by atoms with Crippen molar-refractivity contribution in [2.45, 2.75) is 32.3 Å². The number of carbonyl (C=O) groups is 1.